The number of nitrogens with one attached hydrogen (secondary N) is 1. The van der Waals surface area contributed by atoms with Gasteiger partial charge >= 0.3 is 0 Å². The highest BCUT2D eigenvalue weighted by Crippen LogP contribution is 2.27. The summed E-state index contributed by atoms with van der Waals surface area (Å²) in [6.07, 6.45) is 5.04. The van der Waals surface area contributed by atoms with E-state index in [9.17, 15) is 0 Å². The number of aryl methyl sites for hydroxylation is 2. The van der Waals surface area contributed by atoms with Crippen molar-refractivity contribution in [3.05, 3.63) is 41.0 Å². The number of nitrogens with zero attached hydrogens (tertiary/aromatic N) is 1. The van der Waals surface area contributed by atoms with Crippen molar-refractivity contribution in [2.45, 2.75) is 32.6 Å². The van der Waals surface area contributed by atoms with Crippen molar-refractivity contribution < 1.29 is 0 Å². The minimum atomic E-state index is 1.13. The molecule has 1 aromatic heterocycles. The van der Waals surface area contributed by atoms with Crippen molar-refractivity contribution in [3.8, 4) is 10.4 Å². The lowest BCUT2D eigenvalue weighted by Crippen LogP contribution is -2.07. The van der Waals surface area contributed by atoms with Gasteiger partial charge in [-0.05, 0) is 50.9 Å². The Morgan fingerprint density at radius 3 is 2.53 bits per heavy atom. The fraction of sp³-hybridized carbons (Fsp3) is 0.438. The lowest BCUT2D eigenvalue weighted by molar-refractivity contribution is 0.642. The summed E-state index contributed by atoms with van der Waals surface area (Å²) in [5.41, 5.74) is 5.78. The van der Waals surface area contributed by atoms with E-state index in [2.05, 4.69) is 41.5 Å². The van der Waals surface area contributed by atoms with E-state index in [0.29, 0.717) is 0 Å². The van der Waals surface area contributed by atoms with Gasteiger partial charge in [0, 0.05) is 0 Å². The first-order chi connectivity index (χ1) is 9.31. The SMILES string of the molecule is CNCCCCCc1ccc(-c2scnc2C)cc1. The normalized spacial score (nSPS) is 10.8. The number of hydrogen-bond acceptors (Lipinski definition) is 3. The van der Waals surface area contributed by atoms with Gasteiger partial charge < -0.3 is 5.32 Å². The highest BCUT2D eigenvalue weighted by atomic mass is 32.1. The number of aromatic nitrogens is 1. The molecule has 2 aromatic rings. The van der Waals surface area contributed by atoms with Crippen molar-refractivity contribution in [1.82, 2.24) is 10.3 Å². The summed E-state index contributed by atoms with van der Waals surface area (Å²) in [6.45, 7) is 3.20. The summed E-state index contributed by atoms with van der Waals surface area (Å²) >= 11 is 1.72. The van der Waals surface area contributed by atoms with Crippen LogP contribution in [0.2, 0.25) is 0 Å². The van der Waals surface area contributed by atoms with E-state index in [4.69, 9.17) is 0 Å². The van der Waals surface area contributed by atoms with Crippen LogP contribution in [0.5, 0.6) is 0 Å². The first-order valence-electron chi connectivity index (χ1n) is 6.95. The van der Waals surface area contributed by atoms with Crippen molar-refractivity contribution in [2.75, 3.05) is 13.6 Å². The number of rotatable bonds is 7. The zero-order valence-corrected chi connectivity index (χ0v) is 12.6. The Labute approximate surface area is 119 Å². The van der Waals surface area contributed by atoms with Gasteiger partial charge in [-0.3, -0.25) is 0 Å². The minimum absolute atomic E-state index is 1.13. The molecule has 1 N–H and O–H groups in total. The van der Waals surface area contributed by atoms with Crippen molar-refractivity contribution >= 4 is 11.3 Å². The molecule has 102 valence electrons. The van der Waals surface area contributed by atoms with Gasteiger partial charge in [0.1, 0.15) is 0 Å². The van der Waals surface area contributed by atoms with Crippen LogP contribution < -0.4 is 5.32 Å². The first-order valence-corrected chi connectivity index (χ1v) is 7.83. The molecule has 0 amide bonds. The largest absolute Gasteiger partial charge is 0.320 e. The lowest BCUT2D eigenvalue weighted by Gasteiger charge is -2.04. The number of thiazole rings is 1. The van der Waals surface area contributed by atoms with Crippen LogP contribution in [-0.4, -0.2) is 18.6 Å². The number of unbranched alkanes of at least 4 members (excludes halogenated alkanes) is 2. The molecule has 0 atom stereocenters. The molecule has 19 heavy (non-hydrogen) atoms. The van der Waals surface area contributed by atoms with Gasteiger partial charge in [-0.25, -0.2) is 4.98 Å². The number of benzene rings is 1. The van der Waals surface area contributed by atoms with E-state index < -0.39 is 0 Å². The first kappa shape index (κ1) is 14.2. The van der Waals surface area contributed by atoms with Crippen molar-refractivity contribution in [1.29, 1.82) is 0 Å². The molecule has 2 nitrogen and oxygen atoms in total. The summed E-state index contributed by atoms with van der Waals surface area (Å²) < 4.78 is 0. The van der Waals surface area contributed by atoms with Crippen molar-refractivity contribution in [2.24, 2.45) is 0 Å². The molecule has 0 saturated carbocycles. The summed E-state index contributed by atoms with van der Waals surface area (Å²) in [7, 11) is 2.01. The van der Waals surface area contributed by atoms with Crippen LogP contribution in [0.25, 0.3) is 10.4 Å². The minimum Gasteiger partial charge on any atom is -0.320 e. The molecule has 0 aliphatic rings. The molecule has 0 saturated heterocycles. The smallest absolute Gasteiger partial charge is 0.0801 e. The Kier molecular flexibility index (Phi) is 5.55. The Balaban J connectivity index is 1.87. The summed E-state index contributed by atoms with van der Waals surface area (Å²) in [4.78, 5) is 5.60. The lowest BCUT2D eigenvalue weighted by atomic mass is 10.0. The third kappa shape index (κ3) is 4.15. The zero-order chi connectivity index (χ0) is 13.5. The van der Waals surface area contributed by atoms with Gasteiger partial charge in [0.05, 0.1) is 16.1 Å². The van der Waals surface area contributed by atoms with Crippen LogP contribution in [0.3, 0.4) is 0 Å². The molecule has 0 bridgehead atoms. The van der Waals surface area contributed by atoms with Crippen LogP contribution >= 0.6 is 11.3 Å². The molecule has 3 heteroatoms. The van der Waals surface area contributed by atoms with E-state index in [1.807, 2.05) is 12.6 Å². The second-order valence-corrected chi connectivity index (χ2v) is 5.73. The van der Waals surface area contributed by atoms with Gasteiger partial charge in [-0.15, -0.1) is 11.3 Å². The fourth-order valence-electron chi connectivity index (χ4n) is 2.21. The highest BCUT2D eigenvalue weighted by Gasteiger charge is 2.04. The molecule has 1 heterocycles. The van der Waals surface area contributed by atoms with Crippen LogP contribution in [0.1, 0.15) is 30.5 Å². The molecule has 0 aliphatic carbocycles. The molecule has 2 rings (SSSR count). The van der Waals surface area contributed by atoms with Crippen LogP contribution in [0.4, 0.5) is 0 Å². The molecular weight excluding hydrogens is 252 g/mol. The predicted octanol–water partition coefficient (Wildman–Crippen LogP) is 4.05. The fourth-order valence-corrected chi connectivity index (χ4v) is 3.02. The van der Waals surface area contributed by atoms with Crippen LogP contribution in [0.15, 0.2) is 29.8 Å². The maximum absolute atomic E-state index is 4.31. The van der Waals surface area contributed by atoms with Crippen LogP contribution in [-0.2, 0) is 6.42 Å². The van der Waals surface area contributed by atoms with Crippen LogP contribution in [0, 0.1) is 6.92 Å². The summed E-state index contributed by atoms with van der Waals surface area (Å²) in [5, 5.41) is 3.19. The van der Waals surface area contributed by atoms with E-state index in [-0.39, 0.29) is 0 Å². The third-order valence-electron chi connectivity index (χ3n) is 3.35. The third-order valence-corrected chi connectivity index (χ3v) is 4.33. The maximum Gasteiger partial charge on any atom is 0.0801 e. The highest BCUT2D eigenvalue weighted by molar-refractivity contribution is 7.13. The Morgan fingerprint density at radius 1 is 1.11 bits per heavy atom. The van der Waals surface area contributed by atoms with E-state index >= 15 is 0 Å². The molecule has 0 aliphatic heterocycles. The van der Waals surface area contributed by atoms with Gasteiger partial charge in [0.25, 0.3) is 0 Å². The van der Waals surface area contributed by atoms with Gasteiger partial charge in [0.15, 0.2) is 0 Å². The monoisotopic (exact) mass is 274 g/mol. The summed E-state index contributed by atoms with van der Waals surface area (Å²) in [5.74, 6) is 0. The average molecular weight is 274 g/mol. The topological polar surface area (TPSA) is 24.9 Å². The molecule has 0 spiro atoms. The average Bonchev–Trinajstić information content (AvgIpc) is 2.86. The Morgan fingerprint density at radius 2 is 1.89 bits per heavy atom. The molecule has 1 aromatic carbocycles. The molecule has 0 fully saturated rings. The molecule has 0 radical (unpaired) electrons. The Bertz CT molecular complexity index is 488. The van der Waals surface area contributed by atoms with E-state index in [0.717, 1.165) is 12.2 Å². The Hall–Kier alpha value is -1.19. The maximum atomic E-state index is 4.31. The molecule has 0 unspecified atom stereocenters. The van der Waals surface area contributed by atoms with Gasteiger partial charge in [0.2, 0.25) is 0 Å². The summed E-state index contributed by atoms with van der Waals surface area (Å²) in [6, 6.07) is 8.96. The molecular formula is C16H22N2S. The predicted molar refractivity (Wildman–Crippen MR) is 83.8 cm³/mol. The van der Waals surface area contributed by atoms with Gasteiger partial charge in [-0.2, -0.15) is 0 Å². The van der Waals surface area contributed by atoms with E-state index in [1.54, 1.807) is 11.3 Å². The quantitative estimate of drug-likeness (QED) is 0.770. The standard InChI is InChI=1S/C16H22N2S/c1-13-16(19-12-18-13)15-9-7-14(8-10-15)6-4-3-5-11-17-2/h7-10,12,17H,3-6,11H2,1-2H3. The second-order valence-electron chi connectivity index (χ2n) is 4.88. The second kappa shape index (κ2) is 7.41. The zero-order valence-electron chi connectivity index (χ0n) is 11.8. The number of hydrogen-bond donors (Lipinski definition) is 1. The van der Waals surface area contributed by atoms with Gasteiger partial charge in [-0.1, -0.05) is 30.7 Å². The van der Waals surface area contributed by atoms with Crippen molar-refractivity contribution in [3.63, 3.8) is 0 Å². The van der Waals surface area contributed by atoms with E-state index in [1.165, 1.54) is 41.7 Å².